The largest absolute Gasteiger partial charge is 0.465 e. The Hall–Kier alpha value is -3.22. The van der Waals surface area contributed by atoms with Crippen molar-refractivity contribution in [2.24, 2.45) is 0 Å². The Kier molecular flexibility index (Phi) is 4.47. The van der Waals surface area contributed by atoms with Gasteiger partial charge in [0.15, 0.2) is 0 Å². The van der Waals surface area contributed by atoms with Gasteiger partial charge in [0.2, 0.25) is 0 Å². The summed E-state index contributed by atoms with van der Waals surface area (Å²) in [6.07, 6.45) is 4.36. The predicted octanol–water partition coefficient (Wildman–Crippen LogP) is 3.37. The van der Waals surface area contributed by atoms with Gasteiger partial charge in [-0.1, -0.05) is 23.4 Å². The van der Waals surface area contributed by atoms with Crippen molar-refractivity contribution < 1.29 is 18.4 Å². The molecular formula is C18H16FN3O3. The van der Waals surface area contributed by atoms with Crippen LogP contribution in [0.25, 0.3) is 0 Å². The normalized spacial score (nSPS) is 13.1. The van der Waals surface area contributed by atoms with Crippen LogP contribution >= 0.6 is 0 Å². The summed E-state index contributed by atoms with van der Waals surface area (Å²) in [5.74, 6) is -0.389. The fourth-order valence-electron chi connectivity index (χ4n) is 2.58. The average Bonchev–Trinajstić information content (AvgIpc) is 3.17. The molecule has 0 saturated heterocycles. The number of nitrogens with zero attached hydrogens (tertiary/aromatic N) is 2. The molecule has 1 atom stereocenters. The van der Waals surface area contributed by atoms with E-state index in [-0.39, 0.29) is 5.82 Å². The van der Waals surface area contributed by atoms with Crippen LogP contribution in [0.5, 0.6) is 0 Å². The van der Waals surface area contributed by atoms with E-state index in [1.807, 2.05) is 0 Å². The van der Waals surface area contributed by atoms with Crippen molar-refractivity contribution in [1.82, 2.24) is 10.1 Å². The first-order chi connectivity index (χ1) is 12.0. The lowest BCUT2D eigenvalue weighted by Gasteiger charge is -2.31. The van der Waals surface area contributed by atoms with E-state index in [1.165, 1.54) is 31.8 Å². The van der Waals surface area contributed by atoms with Gasteiger partial charge in [-0.05, 0) is 25.1 Å². The second-order valence-electron chi connectivity index (χ2n) is 5.57. The first kappa shape index (κ1) is 16.6. The third-order valence-corrected chi connectivity index (χ3v) is 3.98. The summed E-state index contributed by atoms with van der Waals surface area (Å²) >= 11 is 0. The van der Waals surface area contributed by atoms with Crippen molar-refractivity contribution in [3.05, 3.63) is 77.6 Å². The van der Waals surface area contributed by atoms with Crippen molar-refractivity contribution in [1.29, 1.82) is 0 Å². The van der Waals surface area contributed by atoms with Gasteiger partial charge in [-0.25, -0.2) is 14.2 Å². The number of methoxy groups -OCH3 is 1. The summed E-state index contributed by atoms with van der Waals surface area (Å²) in [7, 11) is 1.30. The highest BCUT2D eigenvalue weighted by Gasteiger charge is 2.33. The summed E-state index contributed by atoms with van der Waals surface area (Å²) in [6.45, 7) is 1.80. The number of rotatable bonds is 5. The summed E-state index contributed by atoms with van der Waals surface area (Å²) in [5, 5.41) is 6.91. The molecule has 0 amide bonds. The fourth-order valence-corrected chi connectivity index (χ4v) is 2.58. The number of aromatic nitrogens is 2. The number of hydrogen-bond donors (Lipinski definition) is 1. The Labute approximate surface area is 143 Å². The molecule has 2 heterocycles. The Morgan fingerprint density at radius 3 is 2.64 bits per heavy atom. The van der Waals surface area contributed by atoms with E-state index < -0.39 is 11.5 Å². The molecule has 3 rings (SSSR count). The number of benzene rings is 1. The van der Waals surface area contributed by atoms with Crippen molar-refractivity contribution in [2.75, 3.05) is 12.4 Å². The Morgan fingerprint density at radius 1 is 1.24 bits per heavy atom. The van der Waals surface area contributed by atoms with Crippen LogP contribution < -0.4 is 5.32 Å². The van der Waals surface area contributed by atoms with Gasteiger partial charge in [0.05, 0.1) is 24.4 Å². The smallest absolute Gasteiger partial charge is 0.339 e. The van der Waals surface area contributed by atoms with Gasteiger partial charge in [-0.15, -0.1) is 0 Å². The Balaban J connectivity index is 2.00. The summed E-state index contributed by atoms with van der Waals surface area (Å²) in [5.41, 5.74) is 0.407. The molecule has 0 aliphatic rings. The number of halogens is 1. The summed E-state index contributed by atoms with van der Waals surface area (Å²) in [6, 6.07) is 9.64. The molecule has 0 spiro atoms. The minimum Gasteiger partial charge on any atom is -0.465 e. The van der Waals surface area contributed by atoms with Gasteiger partial charge >= 0.3 is 5.97 Å². The van der Waals surface area contributed by atoms with E-state index in [0.29, 0.717) is 22.5 Å². The predicted molar refractivity (Wildman–Crippen MR) is 88.6 cm³/mol. The van der Waals surface area contributed by atoms with Crippen molar-refractivity contribution in [3.63, 3.8) is 0 Å². The number of carbonyl (C=O) groups is 1. The molecule has 7 heteroatoms. The highest BCUT2D eigenvalue weighted by atomic mass is 19.1. The second kappa shape index (κ2) is 6.72. The number of anilines is 1. The van der Waals surface area contributed by atoms with Gasteiger partial charge in [-0.2, -0.15) is 0 Å². The van der Waals surface area contributed by atoms with Crippen LogP contribution in [0, 0.1) is 5.82 Å². The molecule has 3 aromatic rings. The number of ether oxygens (including phenoxy) is 1. The first-order valence-corrected chi connectivity index (χ1v) is 7.52. The van der Waals surface area contributed by atoms with Crippen LogP contribution in [0.4, 0.5) is 10.2 Å². The van der Waals surface area contributed by atoms with Crippen molar-refractivity contribution in [2.45, 2.75) is 12.5 Å². The van der Waals surface area contributed by atoms with Crippen LogP contribution in [-0.2, 0) is 10.3 Å². The van der Waals surface area contributed by atoms with Gasteiger partial charge < -0.3 is 14.6 Å². The number of hydrogen-bond acceptors (Lipinski definition) is 6. The van der Waals surface area contributed by atoms with E-state index in [1.54, 1.807) is 37.3 Å². The molecule has 0 saturated carbocycles. The summed E-state index contributed by atoms with van der Waals surface area (Å²) < 4.78 is 24.0. The van der Waals surface area contributed by atoms with Crippen molar-refractivity contribution >= 4 is 11.8 Å². The molecule has 0 bridgehead atoms. The molecule has 0 aliphatic heterocycles. The topological polar surface area (TPSA) is 77.2 Å². The molecule has 0 fully saturated rings. The quantitative estimate of drug-likeness (QED) is 0.717. The van der Waals surface area contributed by atoms with Crippen LogP contribution in [0.3, 0.4) is 0 Å². The Bertz CT molecular complexity index is 866. The monoisotopic (exact) mass is 341 g/mol. The number of esters is 1. The van der Waals surface area contributed by atoms with Crippen LogP contribution in [0.2, 0.25) is 0 Å². The number of carbonyl (C=O) groups excluding carboxylic acids is 1. The molecule has 1 N–H and O–H groups in total. The van der Waals surface area contributed by atoms with E-state index in [2.05, 4.69) is 20.2 Å². The second-order valence-corrected chi connectivity index (χ2v) is 5.57. The molecule has 1 unspecified atom stereocenters. The number of nitrogens with one attached hydrogen (secondary N) is 1. The zero-order valence-electron chi connectivity index (χ0n) is 13.7. The zero-order valence-corrected chi connectivity index (χ0v) is 13.7. The lowest BCUT2D eigenvalue weighted by molar-refractivity contribution is 0.0600. The minimum absolute atomic E-state index is 0.325. The molecule has 128 valence electrons. The van der Waals surface area contributed by atoms with E-state index in [9.17, 15) is 9.18 Å². The molecule has 6 nitrogen and oxygen atoms in total. The van der Waals surface area contributed by atoms with Crippen LogP contribution in [-0.4, -0.2) is 23.2 Å². The zero-order chi connectivity index (χ0) is 17.9. The van der Waals surface area contributed by atoms with Crippen molar-refractivity contribution in [3.8, 4) is 0 Å². The molecule has 2 aromatic heterocycles. The van der Waals surface area contributed by atoms with Gasteiger partial charge in [-0.3, -0.25) is 0 Å². The van der Waals surface area contributed by atoms with Gasteiger partial charge in [0.1, 0.15) is 17.9 Å². The van der Waals surface area contributed by atoms with Gasteiger partial charge in [0.25, 0.3) is 0 Å². The highest BCUT2D eigenvalue weighted by Crippen LogP contribution is 2.34. The van der Waals surface area contributed by atoms with Crippen LogP contribution in [0.15, 0.2) is 59.6 Å². The molecular weight excluding hydrogens is 325 g/mol. The van der Waals surface area contributed by atoms with E-state index >= 15 is 0 Å². The summed E-state index contributed by atoms with van der Waals surface area (Å²) in [4.78, 5) is 15.7. The van der Waals surface area contributed by atoms with Crippen LogP contribution in [0.1, 0.15) is 28.4 Å². The van der Waals surface area contributed by atoms with E-state index in [0.717, 1.165) is 0 Å². The standard InChI is InChI=1S/C18H16FN3O3/c1-18(13-10-21-25-11-13,14-5-3-4-6-15(14)19)22-16-8-7-12(9-20-16)17(23)24-2/h3-11H,1-2H3,(H,20,22). The minimum atomic E-state index is -0.967. The molecule has 0 aliphatic carbocycles. The van der Waals surface area contributed by atoms with E-state index in [4.69, 9.17) is 4.52 Å². The Morgan fingerprint density at radius 2 is 2.04 bits per heavy atom. The molecule has 25 heavy (non-hydrogen) atoms. The third-order valence-electron chi connectivity index (χ3n) is 3.98. The molecule has 0 radical (unpaired) electrons. The lowest BCUT2D eigenvalue weighted by Crippen LogP contribution is -2.34. The first-order valence-electron chi connectivity index (χ1n) is 7.52. The lowest BCUT2D eigenvalue weighted by atomic mass is 9.86. The molecule has 1 aromatic carbocycles. The maximum Gasteiger partial charge on any atom is 0.339 e. The maximum absolute atomic E-state index is 14.4. The third kappa shape index (κ3) is 3.21. The highest BCUT2D eigenvalue weighted by molar-refractivity contribution is 5.89. The number of pyridine rings is 1. The average molecular weight is 341 g/mol. The SMILES string of the molecule is COC(=O)c1ccc(NC(C)(c2cnoc2)c2ccccc2F)nc1. The fraction of sp³-hybridized carbons (Fsp3) is 0.167. The maximum atomic E-state index is 14.4. The van der Waals surface area contributed by atoms with Gasteiger partial charge in [0, 0.05) is 17.3 Å².